The van der Waals surface area contributed by atoms with Gasteiger partial charge in [0.05, 0.1) is 7.11 Å². The minimum atomic E-state index is 0.143. The van der Waals surface area contributed by atoms with Gasteiger partial charge in [-0.05, 0) is 25.4 Å². The fraction of sp³-hybridized carbons (Fsp3) is 0.636. The Balaban J connectivity index is 2.44. The van der Waals surface area contributed by atoms with Crippen LogP contribution in [0.5, 0.6) is 5.75 Å². The van der Waals surface area contributed by atoms with Crippen molar-refractivity contribution in [2.75, 3.05) is 37.8 Å². The number of methoxy groups -OCH3 is 1. The van der Waals surface area contributed by atoms with Crippen molar-refractivity contribution in [3.8, 4) is 5.75 Å². The summed E-state index contributed by atoms with van der Waals surface area (Å²) in [5.74, 6) is 1.07. The van der Waals surface area contributed by atoms with E-state index in [1.165, 1.54) is 11.5 Å². The number of hydrogen-bond acceptors (Lipinski definition) is 6. The summed E-state index contributed by atoms with van der Waals surface area (Å²) in [7, 11) is 1.55. The van der Waals surface area contributed by atoms with Crippen LogP contribution in [0.4, 0.5) is 10.8 Å². The summed E-state index contributed by atoms with van der Waals surface area (Å²) >= 11 is 1.24. The van der Waals surface area contributed by atoms with Gasteiger partial charge in [0.1, 0.15) is 0 Å². The number of nitrogen functional groups attached to an aromatic ring is 1. The largest absolute Gasteiger partial charge is 0.490 e. The van der Waals surface area contributed by atoms with Gasteiger partial charge in [0.25, 0.3) is 0 Å². The topological polar surface area (TPSA) is 80.5 Å². The van der Waals surface area contributed by atoms with Gasteiger partial charge < -0.3 is 20.7 Å². The number of nitrogens with one attached hydrogen (secondary N) is 1. The molecule has 3 N–H and O–H groups in total. The molecule has 1 amide bonds. The first-order valence-corrected chi connectivity index (χ1v) is 6.72. The molecule has 0 aromatic carbocycles. The lowest BCUT2D eigenvalue weighted by molar-refractivity contribution is -0.130. The van der Waals surface area contributed by atoms with E-state index >= 15 is 0 Å². The second-order valence-electron chi connectivity index (χ2n) is 3.67. The van der Waals surface area contributed by atoms with E-state index in [9.17, 15) is 4.79 Å². The van der Waals surface area contributed by atoms with Crippen molar-refractivity contribution in [2.45, 2.75) is 20.3 Å². The number of carbonyl (C=O) groups excluding carboxylic acids is 1. The maximum atomic E-state index is 11.8. The third-order valence-corrected chi connectivity index (χ3v) is 3.42. The Morgan fingerprint density at radius 2 is 2.17 bits per heavy atom. The summed E-state index contributed by atoms with van der Waals surface area (Å²) in [6.07, 6.45) is 0.447. The van der Waals surface area contributed by atoms with E-state index in [-0.39, 0.29) is 5.91 Å². The van der Waals surface area contributed by atoms with Crippen LogP contribution in [0.2, 0.25) is 0 Å². The number of ether oxygens (including phenoxy) is 1. The molecule has 0 bridgehead atoms. The second-order valence-corrected chi connectivity index (χ2v) is 4.45. The first-order valence-electron chi connectivity index (χ1n) is 5.94. The molecule has 0 atom stereocenters. The van der Waals surface area contributed by atoms with Gasteiger partial charge in [-0.1, -0.05) is 0 Å². The Hall–Kier alpha value is -1.50. The Labute approximate surface area is 111 Å². The van der Waals surface area contributed by atoms with Crippen LogP contribution < -0.4 is 15.8 Å². The maximum absolute atomic E-state index is 11.8. The molecule has 0 radical (unpaired) electrons. The predicted molar refractivity (Wildman–Crippen MR) is 74.1 cm³/mol. The van der Waals surface area contributed by atoms with Crippen LogP contribution in [0, 0.1) is 0 Å². The van der Waals surface area contributed by atoms with Gasteiger partial charge in [-0.15, -0.1) is 0 Å². The van der Waals surface area contributed by atoms with Crippen molar-refractivity contribution in [2.24, 2.45) is 0 Å². The van der Waals surface area contributed by atoms with Crippen molar-refractivity contribution in [3.05, 3.63) is 0 Å². The van der Waals surface area contributed by atoms with Gasteiger partial charge in [-0.25, -0.2) is 0 Å². The van der Waals surface area contributed by atoms with Gasteiger partial charge in [-0.3, -0.25) is 4.79 Å². The number of carbonyl (C=O) groups is 1. The van der Waals surface area contributed by atoms with Gasteiger partial charge in [0, 0.05) is 26.1 Å². The average molecular weight is 272 g/mol. The Morgan fingerprint density at radius 3 is 2.72 bits per heavy atom. The lowest BCUT2D eigenvalue weighted by Crippen LogP contribution is -2.31. The molecule has 0 aliphatic heterocycles. The highest BCUT2D eigenvalue weighted by Crippen LogP contribution is 2.34. The van der Waals surface area contributed by atoms with Crippen LogP contribution in [0.1, 0.15) is 20.3 Å². The molecule has 1 heterocycles. The Morgan fingerprint density at radius 1 is 1.50 bits per heavy atom. The molecule has 1 aromatic rings. The van der Waals surface area contributed by atoms with Crippen molar-refractivity contribution >= 4 is 28.3 Å². The number of anilines is 2. The molecule has 1 aromatic heterocycles. The lowest BCUT2D eigenvalue weighted by Gasteiger charge is -2.18. The Bertz CT molecular complexity index is 390. The first kappa shape index (κ1) is 14.6. The quantitative estimate of drug-likeness (QED) is 0.784. The zero-order chi connectivity index (χ0) is 13.5. The summed E-state index contributed by atoms with van der Waals surface area (Å²) in [5.41, 5.74) is 5.63. The number of rotatable bonds is 7. The van der Waals surface area contributed by atoms with Gasteiger partial charge in [-0.2, -0.15) is 4.37 Å². The fourth-order valence-corrected chi connectivity index (χ4v) is 2.33. The van der Waals surface area contributed by atoms with E-state index in [2.05, 4.69) is 9.69 Å². The van der Waals surface area contributed by atoms with Crippen molar-refractivity contribution in [3.63, 3.8) is 0 Å². The zero-order valence-corrected chi connectivity index (χ0v) is 11.8. The highest BCUT2D eigenvalue weighted by molar-refractivity contribution is 7.11. The van der Waals surface area contributed by atoms with Crippen LogP contribution in [0.3, 0.4) is 0 Å². The van der Waals surface area contributed by atoms with E-state index in [4.69, 9.17) is 10.5 Å². The summed E-state index contributed by atoms with van der Waals surface area (Å²) in [6, 6.07) is 0. The number of nitrogens with zero attached hydrogens (tertiary/aromatic N) is 2. The summed E-state index contributed by atoms with van der Waals surface area (Å²) in [6.45, 7) is 5.98. The minimum absolute atomic E-state index is 0.143. The molecule has 0 aliphatic carbocycles. The standard InChI is InChI=1S/C11H20N4O2S/c1-4-15(5-2)8(16)6-7-13-11-9(17-3)10(12)14-18-11/h13H,4-7H2,1-3H3,(H2,12,14). The third kappa shape index (κ3) is 3.49. The average Bonchev–Trinajstić information content (AvgIpc) is 2.71. The molecule has 0 spiro atoms. The van der Waals surface area contributed by atoms with E-state index < -0.39 is 0 Å². The second kappa shape index (κ2) is 7.05. The number of amides is 1. The molecule has 6 nitrogen and oxygen atoms in total. The van der Waals surface area contributed by atoms with E-state index in [1.807, 2.05) is 13.8 Å². The van der Waals surface area contributed by atoms with Crippen LogP contribution >= 0.6 is 11.5 Å². The summed E-state index contributed by atoms with van der Waals surface area (Å²) in [5, 5.41) is 3.89. The summed E-state index contributed by atoms with van der Waals surface area (Å²) in [4.78, 5) is 13.6. The van der Waals surface area contributed by atoms with E-state index in [1.54, 1.807) is 12.0 Å². The maximum Gasteiger partial charge on any atom is 0.224 e. The van der Waals surface area contributed by atoms with Crippen LogP contribution in [-0.2, 0) is 4.79 Å². The molecule has 7 heteroatoms. The minimum Gasteiger partial charge on any atom is -0.490 e. The molecule has 102 valence electrons. The van der Waals surface area contributed by atoms with Crippen molar-refractivity contribution in [1.82, 2.24) is 9.27 Å². The smallest absolute Gasteiger partial charge is 0.224 e. The predicted octanol–water partition coefficient (Wildman–Crippen LogP) is 1.40. The van der Waals surface area contributed by atoms with Crippen molar-refractivity contribution in [1.29, 1.82) is 0 Å². The zero-order valence-electron chi connectivity index (χ0n) is 11.0. The fourth-order valence-electron chi connectivity index (χ4n) is 1.62. The molecular weight excluding hydrogens is 252 g/mol. The highest BCUT2D eigenvalue weighted by atomic mass is 32.1. The summed E-state index contributed by atoms with van der Waals surface area (Å²) < 4.78 is 9.12. The number of aromatic nitrogens is 1. The first-order chi connectivity index (χ1) is 8.63. The normalized spacial score (nSPS) is 10.2. The molecule has 0 aliphatic rings. The van der Waals surface area contributed by atoms with Crippen molar-refractivity contribution < 1.29 is 9.53 Å². The molecule has 0 fully saturated rings. The van der Waals surface area contributed by atoms with Gasteiger partial charge >= 0.3 is 0 Å². The van der Waals surface area contributed by atoms with Crippen LogP contribution in [-0.4, -0.2) is 41.9 Å². The highest BCUT2D eigenvalue weighted by Gasteiger charge is 2.13. The van der Waals surface area contributed by atoms with E-state index in [0.717, 1.165) is 18.1 Å². The Kier molecular flexibility index (Phi) is 5.70. The molecule has 1 rings (SSSR count). The molecule has 0 unspecified atom stereocenters. The van der Waals surface area contributed by atoms with Gasteiger partial charge in [0.15, 0.2) is 16.6 Å². The van der Waals surface area contributed by atoms with Gasteiger partial charge in [0.2, 0.25) is 5.91 Å². The molecule has 18 heavy (non-hydrogen) atoms. The number of hydrogen-bond donors (Lipinski definition) is 2. The van der Waals surface area contributed by atoms with E-state index in [0.29, 0.717) is 24.5 Å². The third-order valence-electron chi connectivity index (χ3n) is 2.62. The SMILES string of the molecule is CCN(CC)C(=O)CCNc1snc(N)c1OC. The monoisotopic (exact) mass is 272 g/mol. The van der Waals surface area contributed by atoms with Crippen LogP contribution in [0.25, 0.3) is 0 Å². The molecule has 0 saturated carbocycles. The van der Waals surface area contributed by atoms with Crippen LogP contribution in [0.15, 0.2) is 0 Å². The number of nitrogens with two attached hydrogens (primary N) is 1. The molecule has 0 saturated heterocycles. The lowest BCUT2D eigenvalue weighted by atomic mass is 10.3. The molecular formula is C11H20N4O2S.